The van der Waals surface area contributed by atoms with E-state index in [1.54, 1.807) is 0 Å². The first-order valence-corrected chi connectivity index (χ1v) is 7.06. The molecule has 0 amide bonds. The largest absolute Gasteiger partial charge is 0.396 e. The molecule has 0 radical (unpaired) electrons. The van der Waals surface area contributed by atoms with Crippen LogP contribution in [-0.4, -0.2) is 0 Å². The molecule has 22 heavy (non-hydrogen) atoms. The van der Waals surface area contributed by atoms with Gasteiger partial charge in [0.2, 0.25) is 0 Å². The molecule has 0 aliphatic carbocycles. The Balaban J connectivity index is 2.50. The second kappa shape index (κ2) is 4.18. The monoisotopic (exact) mass is 288 g/mol. The van der Waals surface area contributed by atoms with Crippen molar-refractivity contribution in [3.05, 3.63) is 48.5 Å². The minimum Gasteiger partial charge on any atom is -0.396 e. The quantitative estimate of drug-likeness (QED) is 0.294. The number of nitrogen functional groups attached to an aromatic ring is 4. The fourth-order valence-corrected chi connectivity index (χ4v) is 3.26. The summed E-state index contributed by atoms with van der Waals surface area (Å²) in [4.78, 5) is 0. The molecule has 8 N–H and O–H groups in total. The molecule has 4 aromatic carbocycles. The number of hydrogen-bond acceptors (Lipinski definition) is 4. The highest BCUT2D eigenvalue weighted by Crippen LogP contribution is 2.45. The van der Waals surface area contributed by atoms with Gasteiger partial charge in [-0.25, -0.2) is 0 Å². The predicted molar refractivity (Wildman–Crippen MR) is 96.6 cm³/mol. The van der Waals surface area contributed by atoms with Gasteiger partial charge in [0, 0.05) is 10.8 Å². The summed E-state index contributed by atoms with van der Waals surface area (Å²) in [6.45, 7) is 0. The van der Waals surface area contributed by atoms with Gasteiger partial charge in [-0.05, 0) is 21.5 Å². The average molecular weight is 288 g/mol. The van der Waals surface area contributed by atoms with Crippen molar-refractivity contribution in [2.75, 3.05) is 22.9 Å². The molecule has 4 aromatic rings. The van der Waals surface area contributed by atoms with Gasteiger partial charge in [0.25, 0.3) is 0 Å². The number of anilines is 4. The van der Waals surface area contributed by atoms with Gasteiger partial charge < -0.3 is 22.9 Å². The van der Waals surface area contributed by atoms with Crippen molar-refractivity contribution in [3.8, 4) is 0 Å². The zero-order valence-electron chi connectivity index (χ0n) is 11.9. The third kappa shape index (κ3) is 1.41. The van der Waals surface area contributed by atoms with E-state index in [4.69, 9.17) is 22.9 Å². The third-order valence-electron chi connectivity index (χ3n) is 4.34. The molecule has 0 saturated carbocycles. The van der Waals surface area contributed by atoms with Crippen molar-refractivity contribution in [2.24, 2.45) is 0 Å². The Morgan fingerprint density at radius 2 is 0.727 bits per heavy atom. The Morgan fingerprint density at radius 1 is 0.409 bits per heavy atom. The maximum Gasteiger partial charge on any atom is 0.0809 e. The third-order valence-corrected chi connectivity index (χ3v) is 4.34. The molecule has 0 bridgehead atoms. The highest BCUT2D eigenvalue weighted by Gasteiger charge is 2.17. The summed E-state index contributed by atoms with van der Waals surface area (Å²) in [5.74, 6) is 0. The van der Waals surface area contributed by atoms with Crippen molar-refractivity contribution in [3.63, 3.8) is 0 Å². The van der Waals surface area contributed by atoms with Crippen molar-refractivity contribution >= 4 is 55.1 Å². The zero-order chi connectivity index (χ0) is 15.4. The molecule has 0 atom stereocenters. The van der Waals surface area contributed by atoms with Crippen molar-refractivity contribution in [2.45, 2.75) is 0 Å². The van der Waals surface area contributed by atoms with Gasteiger partial charge in [-0.1, -0.05) is 48.5 Å². The van der Waals surface area contributed by atoms with E-state index in [1.165, 1.54) is 0 Å². The van der Waals surface area contributed by atoms with Crippen molar-refractivity contribution in [1.29, 1.82) is 0 Å². The highest BCUT2D eigenvalue weighted by atomic mass is 14.8. The molecule has 0 aliphatic rings. The summed E-state index contributed by atoms with van der Waals surface area (Å²) in [6.07, 6.45) is 0. The summed E-state index contributed by atoms with van der Waals surface area (Å²) in [6, 6.07) is 16.2. The van der Waals surface area contributed by atoms with Crippen LogP contribution in [0.4, 0.5) is 22.7 Å². The topological polar surface area (TPSA) is 104 Å². The summed E-state index contributed by atoms with van der Waals surface area (Å²) >= 11 is 0. The lowest BCUT2D eigenvalue weighted by Crippen LogP contribution is -2.05. The molecule has 0 aliphatic heterocycles. The number of nitrogens with two attached hydrogens (primary N) is 4. The first-order chi connectivity index (χ1) is 10.6. The number of fused-ring (bicyclic) bond motifs is 6. The maximum atomic E-state index is 6.28. The Labute approximate surface area is 127 Å². The Bertz CT molecular complexity index is 981. The molecular weight excluding hydrogens is 272 g/mol. The lowest BCUT2D eigenvalue weighted by atomic mass is 9.91. The lowest BCUT2D eigenvalue weighted by molar-refractivity contribution is 1.69. The highest BCUT2D eigenvalue weighted by molar-refractivity contribution is 6.33. The maximum absolute atomic E-state index is 6.28. The predicted octanol–water partition coefficient (Wildman–Crippen LogP) is 3.48. The molecule has 4 nitrogen and oxygen atoms in total. The fourth-order valence-electron chi connectivity index (χ4n) is 3.26. The van der Waals surface area contributed by atoms with Crippen LogP contribution in [0.3, 0.4) is 0 Å². The van der Waals surface area contributed by atoms with Crippen LogP contribution < -0.4 is 22.9 Å². The van der Waals surface area contributed by atoms with E-state index < -0.39 is 0 Å². The van der Waals surface area contributed by atoms with Crippen molar-refractivity contribution in [1.82, 2.24) is 0 Å². The van der Waals surface area contributed by atoms with Gasteiger partial charge in [-0.2, -0.15) is 0 Å². The van der Waals surface area contributed by atoms with Crippen LogP contribution >= 0.6 is 0 Å². The molecule has 108 valence electrons. The van der Waals surface area contributed by atoms with E-state index in [2.05, 4.69) is 12.1 Å². The van der Waals surface area contributed by atoms with Crippen LogP contribution in [0, 0.1) is 0 Å². The number of hydrogen-bond donors (Lipinski definition) is 4. The summed E-state index contributed by atoms with van der Waals surface area (Å²) in [5.41, 5.74) is 26.4. The Kier molecular flexibility index (Phi) is 2.39. The molecule has 0 unspecified atom stereocenters. The first-order valence-electron chi connectivity index (χ1n) is 7.06. The van der Waals surface area contributed by atoms with Gasteiger partial charge >= 0.3 is 0 Å². The van der Waals surface area contributed by atoms with E-state index in [1.807, 2.05) is 36.4 Å². The molecule has 0 saturated heterocycles. The molecule has 0 aromatic heterocycles. The van der Waals surface area contributed by atoms with E-state index in [-0.39, 0.29) is 0 Å². The second-order valence-corrected chi connectivity index (χ2v) is 5.50. The molecule has 4 heteroatoms. The zero-order valence-corrected chi connectivity index (χ0v) is 11.9. The molecule has 0 heterocycles. The molecular formula is C18H16N4. The molecule has 0 spiro atoms. The normalized spacial score (nSPS) is 11.5. The summed E-state index contributed by atoms with van der Waals surface area (Å²) in [7, 11) is 0. The van der Waals surface area contributed by atoms with Gasteiger partial charge in [0.05, 0.1) is 22.7 Å². The van der Waals surface area contributed by atoms with Gasteiger partial charge in [0.1, 0.15) is 0 Å². The smallest absolute Gasteiger partial charge is 0.0809 e. The number of benzene rings is 4. The molecule has 4 rings (SSSR count). The van der Waals surface area contributed by atoms with Crippen LogP contribution in [0.1, 0.15) is 0 Å². The van der Waals surface area contributed by atoms with Gasteiger partial charge in [-0.3, -0.25) is 0 Å². The van der Waals surface area contributed by atoms with Crippen LogP contribution in [0.5, 0.6) is 0 Å². The minimum absolute atomic E-state index is 0.352. The SMILES string of the molecule is Nc1c(N)c(N)c2c3ccccc3c3ccccc3c2c1N. The summed E-state index contributed by atoms with van der Waals surface area (Å²) < 4.78 is 0. The average Bonchev–Trinajstić information content (AvgIpc) is 2.57. The Hall–Kier alpha value is -3.14. The van der Waals surface area contributed by atoms with Gasteiger partial charge in [-0.15, -0.1) is 0 Å². The van der Waals surface area contributed by atoms with Crippen LogP contribution in [0.25, 0.3) is 32.3 Å². The van der Waals surface area contributed by atoms with E-state index >= 15 is 0 Å². The minimum atomic E-state index is 0.352. The standard InChI is InChI=1S/C18H16N4/c19-15-13-11-7-3-1-5-9(11)10-6-2-4-8-12(10)14(13)16(20)18(22)17(15)21/h1-8H,19-22H2. The lowest BCUT2D eigenvalue weighted by Gasteiger charge is -2.17. The second-order valence-electron chi connectivity index (χ2n) is 5.50. The fraction of sp³-hybridized carbons (Fsp3) is 0. The van der Waals surface area contributed by atoms with E-state index in [0.29, 0.717) is 22.7 Å². The van der Waals surface area contributed by atoms with Gasteiger partial charge in [0.15, 0.2) is 0 Å². The van der Waals surface area contributed by atoms with Crippen molar-refractivity contribution < 1.29 is 0 Å². The van der Waals surface area contributed by atoms with E-state index in [0.717, 1.165) is 32.3 Å². The number of rotatable bonds is 0. The molecule has 0 fully saturated rings. The Morgan fingerprint density at radius 3 is 1.09 bits per heavy atom. The van der Waals surface area contributed by atoms with Crippen LogP contribution in [0.2, 0.25) is 0 Å². The van der Waals surface area contributed by atoms with E-state index in [9.17, 15) is 0 Å². The van der Waals surface area contributed by atoms with Crippen LogP contribution in [0.15, 0.2) is 48.5 Å². The van der Waals surface area contributed by atoms with Crippen LogP contribution in [-0.2, 0) is 0 Å². The summed E-state index contributed by atoms with van der Waals surface area (Å²) in [5, 5.41) is 6.07. The first kappa shape index (κ1) is 12.6.